The second-order valence-corrected chi connectivity index (χ2v) is 9.62. The Morgan fingerprint density at radius 1 is 1.08 bits per heavy atom. The van der Waals surface area contributed by atoms with E-state index in [1.54, 1.807) is 18.3 Å². The molecule has 4 aromatic rings. The summed E-state index contributed by atoms with van der Waals surface area (Å²) in [6.07, 6.45) is 0.415. The second-order valence-electron chi connectivity index (χ2n) is 9.62. The molecule has 0 bridgehead atoms. The number of fused-ring (bicyclic) bond motifs is 1. The lowest BCUT2D eigenvalue weighted by Gasteiger charge is -2.33. The Kier molecular flexibility index (Phi) is 7.37. The first kappa shape index (κ1) is 26.4. The van der Waals surface area contributed by atoms with Crippen LogP contribution in [0.15, 0.2) is 55.0 Å². The molecule has 0 atom stereocenters. The van der Waals surface area contributed by atoms with Crippen LogP contribution in [0.1, 0.15) is 38.2 Å². The number of H-pyrrole nitrogens is 1. The lowest BCUT2D eigenvalue weighted by Crippen LogP contribution is -2.44. The molecular formula is C29H27F3N6O. The summed E-state index contributed by atoms with van der Waals surface area (Å²) in [5.41, 5.74) is 2.39. The van der Waals surface area contributed by atoms with Crippen LogP contribution in [0.3, 0.4) is 0 Å². The third kappa shape index (κ3) is 6.11. The maximum absolute atomic E-state index is 13.9. The molecule has 1 amide bonds. The topological polar surface area (TPSA) is 77.2 Å². The normalized spacial score (nSPS) is 14.7. The molecule has 0 saturated carbocycles. The highest BCUT2D eigenvalue weighted by Gasteiger charge is 2.34. The number of carbonyl (C=O) groups is 1. The van der Waals surface area contributed by atoms with Crippen molar-refractivity contribution < 1.29 is 18.0 Å². The molecule has 0 spiro atoms. The number of likely N-dealkylation sites (N-methyl/N-ethyl adjacent to an activating group) is 1. The zero-order valence-corrected chi connectivity index (χ0v) is 21.6. The van der Waals surface area contributed by atoms with Crippen LogP contribution in [0.2, 0.25) is 0 Å². The number of carbonyl (C=O) groups excluding carboxylic acids is 1. The number of anilines is 1. The van der Waals surface area contributed by atoms with Crippen molar-refractivity contribution in [1.82, 2.24) is 24.8 Å². The molecule has 1 saturated heterocycles. The second kappa shape index (κ2) is 10.9. The first-order chi connectivity index (χ1) is 18.7. The van der Waals surface area contributed by atoms with Gasteiger partial charge in [-0.2, -0.15) is 13.2 Å². The van der Waals surface area contributed by atoms with Gasteiger partial charge in [0.05, 0.1) is 5.56 Å². The molecular weight excluding hydrogens is 505 g/mol. The standard InChI is InChI=1S/C29H27F3N6O/c1-19-22(17-35-27-24(19)8-10-34-27)4-3-20-7-9-33-26(15-20)36-28(39)21-5-6-23(25(16-21)29(30,31)32)18-38-13-11-37(2)12-14-38/h5-10,15-17H,11-14,18H2,1-2H3,(H,34,35)(H,33,36,39). The lowest BCUT2D eigenvalue weighted by atomic mass is 10.0. The molecule has 4 heterocycles. The largest absolute Gasteiger partial charge is 0.416 e. The molecule has 10 heteroatoms. The minimum atomic E-state index is -4.58. The number of pyridine rings is 2. The summed E-state index contributed by atoms with van der Waals surface area (Å²) in [4.78, 5) is 28.6. The van der Waals surface area contributed by atoms with Crippen LogP contribution in [0.25, 0.3) is 11.0 Å². The van der Waals surface area contributed by atoms with Crippen molar-refractivity contribution in [3.8, 4) is 11.8 Å². The van der Waals surface area contributed by atoms with Gasteiger partial charge < -0.3 is 15.2 Å². The van der Waals surface area contributed by atoms with Crippen LogP contribution in [-0.4, -0.2) is 63.9 Å². The monoisotopic (exact) mass is 532 g/mol. The Hall–Kier alpha value is -4.20. The summed E-state index contributed by atoms with van der Waals surface area (Å²) in [6.45, 7) is 5.13. The van der Waals surface area contributed by atoms with Gasteiger partial charge in [0.2, 0.25) is 0 Å². The van der Waals surface area contributed by atoms with Crippen LogP contribution in [0, 0.1) is 18.8 Å². The van der Waals surface area contributed by atoms with E-state index >= 15 is 0 Å². The van der Waals surface area contributed by atoms with Gasteiger partial charge in [-0.25, -0.2) is 9.97 Å². The Morgan fingerprint density at radius 2 is 1.87 bits per heavy atom. The number of halogens is 3. The summed E-state index contributed by atoms with van der Waals surface area (Å²) in [5, 5.41) is 3.58. The SMILES string of the molecule is Cc1c(C#Cc2ccnc(NC(=O)c3ccc(CN4CCN(C)CC4)c(C(F)(F)F)c3)c2)cnc2[nH]ccc12. The van der Waals surface area contributed by atoms with E-state index in [0.717, 1.165) is 41.3 Å². The molecule has 1 fully saturated rings. The fraction of sp³-hybridized carbons (Fsp3) is 0.276. The van der Waals surface area contributed by atoms with Crippen LogP contribution < -0.4 is 5.32 Å². The minimum Gasteiger partial charge on any atom is -0.346 e. The van der Waals surface area contributed by atoms with Crippen LogP contribution in [0.5, 0.6) is 0 Å². The van der Waals surface area contributed by atoms with Crippen molar-refractivity contribution >= 4 is 22.8 Å². The summed E-state index contributed by atoms with van der Waals surface area (Å²) in [7, 11) is 1.99. The fourth-order valence-corrected chi connectivity index (χ4v) is 4.54. The van der Waals surface area contributed by atoms with Gasteiger partial charge in [-0.05, 0) is 55.4 Å². The maximum atomic E-state index is 13.9. The van der Waals surface area contributed by atoms with Gasteiger partial charge in [-0.3, -0.25) is 9.69 Å². The number of alkyl halides is 3. The van der Waals surface area contributed by atoms with Crippen molar-refractivity contribution in [2.45, 2.75) is 19.6 Å². The van der Waals surface area contributed by atoms with E-state index in [1.165, 1.54) is 18.3 Å². The summed E-state index contributed by atoms with van der Waals surface area (Å²) < 4.78 is 41.7. The predicted octanol–water partition coefficient (Wildman–Crippen LogP) is 4.68. The zero-order valence-electron chi connectivity index (χ0n) is 21.6. The minimum absolute atomic E-state index is 0.0933. The highest BCUT2D eigenvalue weighted by Crippen LogP contribution is 2.33. The van der Waals surface area contributed by atoms with Crippen molar-refractivity contribution in [3.63, 3.8) is 0 Å². The van der Waals surface area contributed by atoms with E-state index in [2.05, 4.69) is 37.0 Å². The number of hydrogen-bond donors (Lipinski definition) is 2. The van der Waals surface area contributed by atoms with Crippen LogP contribution in [-0.2, 0) is 12.7 Å². The van der Waals surface area contributed by atoms with E-state index < -0.39 is 17.6 Å². The average Bonchev–Trinajstić information content (AvgIpc) is 3.39. The number of nitrogens with one attached hydrogen (secondary N) is 2. The van der Waals surface area contributed by atoms with Crippen LogP contribution >= 0.6 is 0 Å². The lowest BCUT2D eigenvalue weighted by molar-refractivity contribution is -0.138. The molecule has 0 radical (unpaired) electrons. The first-order valence-electron chi connectivity index (χ1n) is 12.5. The van der Waals surface area contributed by atoms with Gasteiger partial charge >= 0.3 is 6.18 Å². The Bertz CT molecular complexity index is 1580. The molecule has 0 aliphatic carbocycles. The number of aromatic nitrogens is 3. The molecule has 1 aliphatic rings. The number of nitrogens with zero attached hydrogens (tertiary/aromatic N) is 4. The number of aryl methyl sites for hydroxylation is 1. The van der Waals surface area contributed by atoms with Crippen molar-refractivity contribution in [2.75, 3.05) is 38.5 Å². The fourth-order valence-electron chi connectivity index (χ4n) is 4.54. The van der Waals surface area contributed by atoms with E-state index in [9.17, 15) is 18.0 Å². The van der Waals surface area contributed by atoms with Gasteiger partial charge in [-0.15, -0.1) is 0 Å². The van der Waals surface area contributed by atoms with E-state index in [0.29, 0.717) is 18.7 Å². The third-order valence-corrected chi connectivity index (χ3v) is 6.87. The van der Waals surface area contributed by atoms with E-state index in [1.807, 2.05) is 31.1 Å². The van der Waals surface area contributed by atoms with E-state index in [4.69, 9.17) is 0 Å². The van der Waals surface area contributed by atoms with Crippen molar-refractivity contribution in [3.05, 3.63) is 88.4 Å². The van der Waals surface area contributed by atoms with Gasteiger partial charge in [0.25, 0.3) is 5.91 Å². The Labute approximate surface area is 224 Å². The molecule has 5 rings (SSSR count). The van der Waals surface area contributed by atoms with Crippen LogP contribution in [0.4, 0.5) is 19.0 Å². The highest BCUT2D eigenvalue weighted by atomic mass is 19.4. The summed E-state index contributed by atoms with van der Waals surface area (Å²) in [5.74, 6) is 5.65. The quantitative estimate of drug-likeness (QED) is 0.373. The van der Waals surface area contributed by atoms with E-state index in [-0.39, 0.29) is 23.5 Å². The summed E-state index contributed by atoms with van der Waals surface area (Å²) >= 11 is 0. The van der Waals surface area contributed by atoms with Gasteiger partial charge in [0.15, 0.2) is 0 Å². The third-order valence-electron chi connectivity index (χ3n) is 6.87. The molecule has 1 aromatic carbocycles. The van der Waals surface area contributed by atoms with Gasteiger partial charge in [-0.1, -0.05) is 17.9 Å². The molecule has 7 nitrogen and oxygen atoms in total. The molecule has 2 N–H and O–H groups in total. The number of benzene rings is 1. The highest BCUT2D eigenvalue weighted by molar-refractivity contribution is 6.04. The molecule has 0 unspecified atom stereocenters. The summed E-state index contributed by atoms with van der Waals surface area (Å²) in [6, 6.07) is 8.93. The maximum Gasteiger partial charge on any atom is 0.416 e. The van der Waals surface area contributed by atoms with Gasteiger partial charge in [0, 0.05) is 73.4 Å². The predicted molar refractivity (Wildman–Crippen MR) is 143 cm³/mol. The Balaban J connectivity index is 1.32. The number of amides is 1. The smallest absolute Gasteiger partial charge is 0.346 e. The molecule has 39 heavy (non-hydrogen) atoms. The number of rotatable bonds is 4. The molecule has 1 aliphatic heterocycles. The first-order valence-corrected chi connectivity index (χ1v) is 12.5. The average molecular weight is 533 g/mol. The zero-order chi connectivity index (χ0) is 27.6. The molecule has 200 valence electrons. The molecule has 3 aromatic heterocycles. The number of aromatic amines is 1. The van der Waals surface area contributed by atoms with Gasteiger partial charge in [0.1, 0.15) is 11.5 Å². The van der Waals surface area contributed by atoms with Crippen molar-refractivity contribution in [2.24, 2.45) is 0 Å². The number of piperazine rings is 1. The number of hydrogen-bond acceptors (Lipinski definition) is 5. The van der Waals surface area contributed by atoms with Crippen molar-refractivity contribution in [1.29, 1.82) is 0 Å². The Morgan fingerprint density at radius 3 is 2.64 bits per heavy atom.